The number of hydrogen-bond acceptors (Lipinski definition) is 4. The molecule has 0 radical (unpaired) electrons. The summed E-state index contributed by atoms with van der Waals surface area (Å²) in [7, 11) is 0. The van der Waals surface area contributed by atoms with E-state index in [0.29, 0.717) is 29.5 Å². The zero-order valence-corrected chi connectivity index (χ0v) is 11.8. The van der Waals surface area contributed by atoms with Crippen LogP contribution in [-0.4, -0.2) is 22.8 Å². The molecule has 5 heteroatoms. The van der Waals surface area contributed by atoms with Crippen molar-refractivity contribution in [2.24, 2.45) is 0 Å². The Labute approximate surface area is 122 Å². The molecule has 0 atom stereocenters. The topological polar surface area (TPSA) is 64.2 Å². The van der Waals surface area contributed by atoms with Crippen molar-refractivity contribution in [3.63, 3.8) is 0 Å². The predicted molar refractivity (Wildman–Crippen MR) is 76.3 cm³/mol. The molecular formula is C16H14N2O3. The highest BCUT2D eigenvalue weighted by atomic mass is 16.5. The molecule has 0 fully saturated rings. The number of H-pyrrole nitrogens is 1. The van der Waals surface area contributed by atoms with Gasteiger partial charge in [-0.3, -0.25) is 0 Å². The standard InChI is InChI=1S/C16H14N2O3/c1-3-20-16(19)14-10(2)17-18-15(14)21-13-6-4-5-12(9-13)11-7-8-11/h4-6,9,11H,3H2,1-2H3,(H,17,18). The fraction of sp³-hybridized carbons (Fsp3) is 0.250. The van der Waals surface area contributed by atoms with Crippen molar-refractivity contribution in [3.8, 4) is 23.5 Å². The number of aromatic amines is 1. The van der Waals surface area contributed by atoms with E-state index in [9.17, 15) is 4.79 Å². The number of hydrogen-bond donors (Lipinski definition) is 1. The Kier molecular flexibility index (Phi) is 3.36. The third-order valence-electron chi connectivity index (χ3n) is 3.09. The lowest BCUT2D eigenvalue weighted by atomic mass is 10.1. The lowest BCUT2D eigenvalue weighted by molar-refractivity contribution is 0.0523. The second-order valence-electron chi connectivity index (χ2n) is 4.63. The van der Waals surface area contributed by atoms with Crippen molar-refractivity contribution in [1.82, 2.24) is 10.2 Å². The van der Waals surface area contributed by atoms with Gasteiger partial charge >= 0.3 is 5.97 Å². The number of esters is 1. The maximum absolute atomic E-state index is 11.9. The Morgan fingerprint density at radius 1 is 1.43 bits per heavy atom. The normalized spacial score (nSPS) is 12.5. The highest BCUT2D eigenvalue weighted by Crippen LogP contribution is 2.29. The van der Waals surface area contributed by atoms with Crippen LogP contribution in [0.4, 0.5) is 0 Å². The van der Waals surface area contributed by atoms with E-state index in [0.717, 1.165) is 5.56 Å². The number of nitrogens with zero attached hydrogens (tertiary/aromatic N) is 1. The first kappa shape index (κ1) is 13.3. The first-order valence-corrected chi connectivity index (χ1v) is 6.70. The van der Waals surface area contributed by atoms with Crippen molar-refractivity contribution < 1.29 is 14.3 Å². The third-order valence-corrected chi connectivity index (χ3v) is 3.09. The molecule has 5 nitrogen and oxygen atoms in total. The molecule has 3 rings (SSSR count). The average molecular weight is 282 g/mol. The number of ether oxygens (including phenoxy) is 2. The summed E-state index contributed by atoms with van der Waals surface area (Å²) in [4.78, 5) is 11.9. The van der Waals surface area contributed by atoms with E-state index in [-0.39, 0.29) is 5.92 Å². The lowest BCUT2D eigenvalue weighted by Gasteiger charge is -2.07. The Morgan fingerprint density at radius 2 is 2.24 bits per heavy atom. The molecule has 21 heavy (non-hydrogen) atoms. The molecule has 0 saturated heterocycles. The van der Waals surface area contributed by atoms with E-state index < -0.39 is 5.97 Å². The van der Waals surface area contributed by atoms with Gasteiger partial charge in [0.15, 0.2) is 0 Å². The third kappa shape index (κ3) is 2.75. The van der Waals surface area contributed by atoms with Gasteiger partial charge in [-0.05, 0) is 31.5 Å². The summed E-state index contributed by atoms with van der Waals surface area (Å²) in [5.41, 5.74) is 1.93. The summed E-state index contributed by atoms with van der Waals surface area (Å²) < 4.78 is 10.8. The van der Waals surface area contributed by atoms with Crippen LogP contribution in [0.15, 0.2) is 24.3 Å². The molecule has 2 aromatic rings. The van der Waals surface area contributed by atoms with Crippen LogP contribution in [0.2, 0.25) is 0 Å². The molecule has 1 aliphatic carbocycles. The van der Waals surface area contributed by atoms with Crippen molar-refractivity contribution >= 4 is 5.97 Å². The molecule has 1 aromatic carbocycles. The number of nitrogens with one attached hydrogen (secondary N) is 1. The Bertz CT molecular complexity index is 744. The summed E-state index contributed by atoms with van der Waals surface area (Å²) in [6, 6.07) is 7.58. The largest absolute Gasteiger partial charge is 0.462 e. The molecule has 1 aliphatic rings. The van der Waals surface area contributed by atoms with Crippen LogP contribution in [-0.2, 0) is 4.74 Å². The number of carbonyl (C=O) groups excluding carboxylic acids is 1. The monoisotopic (exact) mass is 282 g/mol. The van der Waals surface area contributed by atoms with Gasteiger partial charge < -0.3 is 9.47 Å². The first-order valence-electron chi connectivity index (χ1n) is 6.70. The van der Waals surface area contributed by atoms with E-state index in [1.165, 1.54) is 0 Å². The van der Waals surface area contributed by atoms with Crippen molar-refractivity contribution in [2.45, 2.75) is 19.8 Å². The van der Waals surface area contributed by atoms with E-state index in [4.69, 9.17) is 9.47 Å². The van der Waals surface area contributed by atoms with Crippen LogP contribution in [0.1, 0.15) is 34.5 Å². The Morgan fingerprint density at radius 3 is 2.95 bits per heavy atom. The molecule has 1 aromatic heterocycles. The lowest BCUT2D eigenvalue weighted by Crippen LogP contribution is -2.06. The summed E-state index contributed by atoms with van der Waals surface area (Å²) in [6.45, 7) is 3.79. The van der Waals surface area contributed by atoms with E-state index in [1.807, 2.05) is 24.3 Å². The smallest absolute Gasteiger partial charge is 0.345 e. The molecule has 106 valence electrons. The molecule has 0 amide bonds. The van der Waals surface area contributed by atoms with Crippen LogP contribution in [0.3, 0.4) is 0 Å². The zero-order chi connectivity index (χ0) is 14.8. The average Bonchev–Trinajstić information content (AvgIpc) is 3.25. The highest BCUT2D eigenvalue weighted by Gasteiger charge is 2.21. The number of rotatable bonds is 5. The predicted octanol–water partition coefficient (Wildman–Crippen LogP) is 2.79. The van der Waals surface area contributed by atoms with Gasteiger partial charge in [-0.25, -0.2) is 9.89 Å². The maximum Gasteiger partial charge on any atom is 0.345 e. The second kappa shape index (κ2) is 5.33. The minimum Gasteiger partial charge on any atom is -0.462 e. The van der Waals surface area contributed by atoms with Gasteiger partial charge in [0.1, 0.15) is 17.2 Å². The summed E-state index contributed by atoms with van der Waals surface area (Å²) in [5, 5.41) is 6.73. The number of carbonyl (C=O) groups is 1. The Hall–Kier alpha value is -2.74. The van der Waals surface area contributed by atoms with Crippen LogP contribution < -0.4 is 4.74 Å². The van der Waals surface area contributed by atoms with E-state index in [1.54, 1.807) is 13.8 Å². The summed E-state index contributed by atoms with van der Waals surface area (Å²) >= 11 is 0. The molecule has 0 saturated carbocycles. The van der Waals surface area contributed by atoms with Crippen LogP contribution in [0.25, 0.3) is 0 Å². The van der Waals surface area contributed by atoms with Gasteiger partial charge in [-0.15, -0.1) is 0 Å². The quantitative estimate of drug-likeness (QED) is 0.676. The van der Waals surface area contributed by atoms with Gasteiger partial charge in [0.05, 0.1) is 12.3 Å². The highest BCUT2D eigenvalue weighted by molar-refractivity contribution is 5.93. The minimum absolute atomic E-state index is 0.154. The maximum atomic E-state index is 11.9. The summed E-state index contributed by atoms with van der Waals surface area (Å²) in [6.07, 6.45) is 0. The summed E-state index contributed by atoms with van der Waals surface area (Å²) in [5.74, 6) is 6.61. The fourth-order valence-electron chi connectivity index (χ4n) is 2.01. The number of benzene rings is 1. The van der Waals surface area contributed by atoms with Crippen LogP contribution >= 0.6 is 0 Å². The molecule has 0 aliphatic heterocycles. The molecule has 1 N–H and O–H groups in total. The van der Waals surface area contributed by atoms with Crippen LogP contribution in [0, 0.1) is 18.8 Å². The van der Waals surface area contributed by atoms with E-state index >= 15 is 0 Å². The number of aromatic nitrogens is 2. The zero-order valence-electron chi connectivity index (χ0n) is 11.8. The molecule has 0 bridgehead atoms. The van der Waals surface area contributed by atoms with Crippen molar-refractivity contribution in [2.75, 3.05) is 6.61 Å². The molecular weight excluding hydrogens is 268 g/mol. The van der Waals surface area contributed by atoms with Crippen molar-refractivity contribution in [1.29, 1.82) is 0 Å². The van der Waals surface area contributed by atoms with Gasteiger partial charge in [0.2, 0.25) is 5.88 Å². The number of aryl methyl sites for hydroxylation is 1. The van der Waals surface area contributed by atoms with Crippen molar-refractivity contribution in [3.05, 3.63) is 41.1 Å². The SMILES string of the molecule is CCOC(=O)c1c(C)n[nH]c1Oc1cccc(C2C#C2)c1. The Balaban J connectivity index is 1.84. The van der Waals surface area contributed by atoms with Gasteiger partial charge in [0.25, 0.3) is 0 Å². The van der Waals surface area contributed by atoms with Crippen LogP contribution in [0.5, 0.6) is 11.6 Å². The minimum atomic E-state index is -0.444. The first-order chi connectivity index (χ1) is 10.2. The fourth-order valence-corrected chi connectivity index (χ4v) is 2.01. The molecule has 0 spiro atoms. The molecule has 1 heterocycles. The second-order valence-corrected chi connectivity index (χ2v) is 4.63. The van der Waals surface area contributed by atoms with E-state index in [2.05, 4.69) is 22.0 Å². The van der Waals surface area contributed by atoms with Gasteiger partial charge in [-0.1, -0.05) is 24.0 Å². The van der Waals surface area contributed by atoms with Gasteiger partial charge in [-0.2, -0.15) is 5.10 Å². The van der Waals surface area contributed by atoms with Gasteiger partial charge in [0, 0.05) is 0 Å². The molecule has 0 unspecified atom stereocenters.